The van der Waals surface area contributed by atoms with Gasteiger partial charge in [-0.05, 0) is 29.6 Å². The molecule has 26 heavy (non-hydrogen) atoms. The molecule has 2 heterocycles. The standard InChI is InChI=1S/C19H12F3N3S/c20-19(21,22)13-9-7-12(8-10-13)17-14-4-1-2-5-15(14)23-18(25-24-17)16-6-3-11-26-16/h1-11H,(H,23,25). The molecule has 0 amide bonds. The van der Waals surface area contributed by atoms with Crippen molar-refractivity contribution < 1.29 is 13.2 Å². The summed E-state index contributed by atoms with van der Waals surface area (Å²) in [6, 6.07) is 16.3. The highest BCUT2D eigenvalue weighted by Gasteiger charge is 2.30. The number of hydrogen-bond donors (Lipinski definition) is 1. The lowest BCUT2D eigenvalue weighted by molar-refractivity contribution is -0.137. The Kier molecular flexibility index (Phi) is 4.08. The molecular formula is C19H12F3N3S. The summed E-state index contributed by atoms with van der Waals surface area (Å²) in [6.07, 6.45) is -4.37. The average Bonchev–Trinajstić information content (AvgIpc) is 3.09. The van der Waals surface area contributed by atoms with Crippen LogP contribution in [0, 0.1) is 0 Å². The van der Waals surface area contributed by atoms with Gasteiger partial charge in [0, 0.05) is 11.1 Å². The van der Waals surface area contributed by atoms with Gasteiger partial charge in [0.2, 0.25) is 0 Å². The van der Waals surface area contributed by atoms with Gasteiger partial charge in [0.1, 0.15) is 0 Å². The van der Waals surface area contributed by atoms with Crippen LogP contribution in [0.3, 0.4) is 0 Å². The van der Waals surface area contributed by atoms with Crippen LogP contribution in [0.4, 0.5) is 18.9 Å². The Hall–Kier alpha value is -2.93. The van der Waals surface area contributed by atoms with Crippen LogP contribution in [-0.4, -0.2) is 11.5 Å². The predicted octanol–water partition coefficient (Wildman–Crippen LogP) is 5.20. The molecule has 0 spiro atoms. The maximum absolute atomic E-state index is 12.8. The Labute approximate surface area is 151 Å². The highest BCUT2D eigenvalue weighted by atomic mass is 32.1. The van der Waals surface area contributed by atoms with Crippen LogP contribution in [-0.2, 0) is 6.18 Å². The average molecular weight is 371 g/mol. The van der Waals surface area contributed by atoms with Crippen molar-refractivity contribution in [2.75, 3.05) is 0 Å². The molecule has 1 N–H and O–H groups in total. The SMILES string of the molecule is FC(F)(F)c1ccc(C2=NNC(c3cccs3)=Nc3ccccc32)cc1. The third-order valence-electron chi connectivity index (χ3n) is 3.91. The van der Waals surface area contributed by atoms with Crippen LogP contribution < -0.4 is 5.43 Å². The number of alkyl halides is 3. The Bertz CT molecular complexity index is 988. The monoisotopic (exact) mass is 371 g/mol. The van der Waals surface area contributed by atoms with E-state index < -0.39 is 11.7 Å². The van der Waals surface area contributed by atoms with Gasteiger partial charge in [-0.3, -0.25) is 5.43 Å². The van der Waals surface area contributed by atoms with Crippen molar-refractivity contribution in [1.82, 2.24) is 5.43 Å². The van der Waals surface area contributed by atoms with E-state index in [0.717, 1.165) is 22.6 Å². The van der Waals surface area contributed by atoms with Crippen molar-refractivity contribution in [2.45, 2.75) is 6.18 Å². The van der Waals surface area contributed by atoms with E-state index in [1.807, 2.05) is 41.8 Å². The zero-order valence-corrected chi connectivity index (χ0v) is 14.1. The molecule has 0 atom stereocenters. The zero-order chi connectivity index (χ0) is 18.1. The molecule has 0 fully saturated rings. The molecule has 3 aromatic rings. The second-order valence-electron chi connectivity index (χ2n) is 5.60. The molecule has 2 aromatic carbocycles. The highest BCUT2D eigenvalue weighted by Crippen LogP contribution is 2.31. The van der Waals surface area contributed by atoms with Crippen molar-refractivity contribution >= 4 is 28.6 Å². The maximum atomic E-state index is 12.8. The molecule has 7 heteroatoms. The highest BCUT2D eigenvalue weighted by molar-refractivity contribution is 7.12. The summed E-state index contributed by atoms with van der Waals surface area (Å²) >= 11 is 1.53. The van der Waals surface area contributed by atoms with Gasteiger partial charge in [-0.15, -0.1) is 11.3 Å². The fourth-order valence-corrected chi connectivity index (χ4v) is 3.31. The first kappa shape index (κ1) is 16.5. The number of hydrazone groups is 1. The van der Waals surface area contributed by atoms with Crippen molar-refractivity contribution in [3.8, 4) is 0 Å². The number of nitrogens with one attached hydrogen (secondary N) is 1. The number of amidine groups is 1. The summed E-state index contributed by atoms with van der Waals surface area (Å²) < 4.78 is 38.4. The first-order chi connectivity index (χ1) is 12.5. The Morgan fingerprint density at radius 2 is 1.65 bits per heavy atom. The minimum atomic E-state index is -4.37. The summed E-state index contributed by atoms with van der Waals surface area (Å²) in [5.41, 5.74) is 4.86. The lowest BCUT2D eigenvalue weighted by atomic mass is 9.99. The van der Waals surface area contributed by atoms with E-state index in [0.29, 0.717) is 22.8 Å². The van der Waals surface area contributed by atoms with Crippen LogP contribution in [0.5, 0.6) is 0 Å². The van der Waals surface area contributed by atoms with E-state index in [1.165, 1.54) is 23.5 Å². The third-order valence-corrected chi connectivity index (χ3v) is 4.78. The van der Waals surface area contributed by atoms with Crippen molar-refractivity contribution in [3.63, 3.8) is 0 Å². The summed E-state index contributed by atoms with van der Waals surface area (Å²) in [6.45, 7) is 0. The van der Waals surface area contributed by atoms with Gasteiger partial charge in [0.25, 0.3) is 0 Å². The van der Waals surface area contributed by atoms with Crippen LogP contribution in [0.2, 0.25) is 0 Å². The lowest BCUT2D eigenvalue weighted by Crippen LogP contribution is -2.18. The van der Waals surface area contributed by atoms with Gasteiger partial charge in [-0.2, -0.15) is 18.3 Å². The van der Waals surface area contributed by atoms with Gasteiger partial charge in [-0.25, -0.2) is 4.99 Å². The van der Waals surface area contributed by atoms with E-state index in [1.54, 1.807) is 0 Å². The van der Waals surface area contributed by atoms with Crippen LogP contribution in [0.15, 0.2) is 76.1 Å². The Morgan fingerprint density at radius 3 is 2.35 bits per heavy atom. The number of thiophene rings is 1. The van der Waals surface area contributed by atoms with E-state index in [4.69, 9.17) is 0 Å². The number of para-hydroxylation sites is 1. The molecule has 0 aliphatic carbocycles. The number of benzene rings is 2. The van der Waals surface area contributed by atoms with Gasteiger partial charge >= 0.3 is 6.18 Å². The van der Waals surface area contributed by atoms with E-state index in [9.17, 15) is 13.2 Å². The number of nitrogens with zero attached hydrogens (tertiary/aromatic N) is 2. The molecular weight excluding hydrogens is 359 g/mol. The molecule has 0 saturated heterocycles. The largest absolute Gasteiger partial charge is 0.416 e. The topological polar surface area (TPSA) is 36.8 Å². The minimum absolute atomic E-state index is 0.546. The van der Waals surface area contributed by atoms with Crippen LogP contribution >= 0.6 is 11.3 Å². The molecule has 1 aliphatic heterocycles. The van der Waals surface area contributed by atoms with Gasteiger partial charge in [0.05, 0.1) is 21.8 Å². The normalized spacial score (nSPS) is 14.0. The fourth-order valence-electron chi connectivity index (χ4n) is 2.65. The smallest absolute Gasteiger partial charge is 0.260 e. The first-order valence-electron chi connectivity index (χ1n) is 7.76. The maximum Gasteiger partial charge on any atom is 0.416 e. The van der Waals surface area contributed by atoms with Gasteiger partial charge in [0.15, 0.2) is 5.84 Å². The fraction of sp³-hybridized carbons (Fsp3) is 0.0526. The number of rotatable bonds is 2. The van der Waals surface area contributed by atoms with Crippen molar-refractivity contribution in [1.29, 1.82) is 0 Å². The molecule has 0 unspecified atom stereocenters. The van der Waals surface area contributed by atoms with E-state index in [2.05, 4.69) is 15.5 Å². The number of aliphatic imine (C=N–C) groups is 1. The van der Waals surface area contributed by atoms with E-state index in [-0.39, 0.29) is 0 Å². The molecule has 130 valence electrons. The summed E-state index contributed by atoms with van der Waals surface area (Å²) in [4.78, 5) is 5.56. The second kappa shape index (κ2) is 6.42. The molecule has 0 saturated carbocycles. The van der Waals surface area contributed by atoms with Gasteiger partial charge < -0.3 is 0 Å². The molecule has 1 aromatic heterocycles. The Balaban J connectivity index is 1.78. The zero-order valence-electron chi connectivity index (χ0n) is 13.3. The lowest BCUT2D eigenvalue weighted by Gasteiger charge is -2.10. The summed E-state index contributed by atoms with van der Waals surface area (Å²) in [7, 11) is 0. The third kappa shape index (κ3) is 3.13. The number of halogens is 3. The first-order valence-corrected chi connectivity index (χ1v) is 8.63. The van der Waals surface area contributed by atoms with Crippen LogP contribution in [0.25, 0.3) is 0 Å². The Morgan fingerprint density at radius 1 is 0.885 bits per heavy atom. The molecule has 4 rings (SSSR count). The molecule has 0 radical (unpaired) electrons. The van der Waals surface area contributed by atoms with Gasteiger partial charge in [-0.1, -0.05) is 36.4 Å². The number of fused-ring (bicyclic) bond motifs is 1. The van der Waals surface area contributed by atoms with Crippen molar-refractivity contribution in [2.24, 2.45) is 10.1 Å². The minimum Gasteiger partial charge on any atom is -0.260 e. The molecule has 3 nitrogen and oxygen atoms in total. The number of hydrogen-bond acceptors (Lipinski definition) is 4. The summed E-state index contributed by atoms with van der Waals surface area (Å²) in [5, 5.41) is 6.37. The van der Waals surface area contributed by atoms with E-state index >= 15 is 0 Å². The quantitative estimate of drug-likeness (QED) is 0.660. The molecule has 1 aliphatic rings. The predicted molar refractivity (Wildman–Crippen MR) is 97.2 cm³/mol. The summed E-state index contributed by atoms with van der Waals surface area (Å²) in [5.74, 6) is 0.606. The second-order valence-corrected chi connectivity index (χ2v) is 6.55. The van der Waals surface area contributed by atoms with Crippen LogP contribution in [0.1, 0.15) is 21.6 Å². The van der Waals surface area contributed by atoms with Crippen molar-refractivity contribution in [3.05, 3.63) is 87.6 Å². The molecule has 0 bridgehead atoms.